The van der Waals surface area contributed by atoms with E-state index < -0.39 is 0 Å². The van der Waals surface area contributed by atoms with Crippen molar-refractivity contribution in [1.29, 1.82) is 0 Å². The molecule has 2 aliphatic rings. The molecule has 1 N–H and O–H groups in total. The van der Waals surface area contributed by atoms with E-state index in [1.165, 1.54) is 18.9 Å². The van der Waals surface area contributed by atoms with Gasteiger partial charge in [-0.15, -0.1) is 0 Å². The quantitative estimate of drug-likeness (QED) is 0.899. The van der Waals surface area contributed by atoms with Gasteiger partial charge in [0.25, 0.3) is 0 Å². The van der Waals surface area contributed by atoms with Crippen molar-refractivity contribution >= 4 is 5.91 Å². The maximum Gasteiger partial charge on any atom is 0.237 e. The summed E-state index contributed by atoms with van der Waals surface area (Å²) in [6.45, 7) is 6.09. The van der Waals surface area contributed by atoms with Crippen LogP contribution in [-0.4, -0.2) is 54.0 Å². The van der Waals surface area contributed by atoms with Crippen LogP contribution in [0.3, 0.4) is 0 Å². The minimum Gasteiger partial charge on any atom is -0.352 e. The lowest BCUT2D eigenvalue weighted by atomic mass is 10.1. The zero-order valence-electron chi connectivity index (χ0n) is 14.5. The molecule has 3 rings (SSSR count). The fourth-order valence-corrected chi connectivity index (χ4v) is 3.73. The Bertz CT molecular complexity index is 551. The number of piperazine rings is 1. The molecule has 1 atom stereocenters. The predicted octanol–water partition coefficient (Wildman–Crippen LogP) is 2.39. The van der Waals surface area contributed by atoms with Crippen LogP contribution in [0.4, 0.5) is 4.39 Å². The molecule has 132 valence electrons. The number of hydrogen-bond donors (Lipinski definition) is 1. The summed E-state index contributed by atoms with van der Waals surface area (Å²) in [5.74, 6) is 0.0219. The second-order valence-corrected chi connectivity index (χ2v) is 7.07. The molecule has 1 heterocycles. The molecular formula is C19H28FN3O. The number of rotatable bonds is 5. The Morgan fingerprint density at radius 3 is 2.54 bits per heavy atom. The first-order valence-corrected chi connectivity index (χ1v) is 9.13. The highest BCUT2D eigenvalue weighted by atomic mass is 19.1. The SMILES string of the molecule is C[C@@H](C(=O)NC1CCCC1)N1CCN(Cc2ccccc2F)CC1. The van der Waals surface area contributed by atoms with Crippen LogP contribution >= 0.6 is 0 Å². The maximum absolute atomic E-state index is 13.8. The summed E-state index contributed by atoms with van der Waals surface area (Å²) in [5, 5.41) is 3.19. The smallest absolute Gasteiger partial charge is 0.237 e. The fourth-order valence-electron chi connectivity index (χ4n) is 3.73. The Morgan fingerprint density at radius 2 is 1.88 bits per heavy atom. The molecule has 0 bridgehead atoms. The Kier molecular flexibility index (Phi) is 5.85. The first-order valence-electron chi connectivity index (χ1n) is 9.13. The van der Waals surface area contributed by atoms with Gasteiger partial charge < -0.3 is 5.32 Å². The summed E-state index contributed by atoms with van der Waals surface area (Å²) in [5.41, 5.74) is 0.748. The molecule has 0 spiro atoms. The summed E-state index contributed by atoms with van der Waals surface area (Å²) < 4.78 is 13.8. The highest BCUT2D eigenvalue weighted by Crippen LogP contribution is 2.18. The second-order valence-electron chi connectivity index (χ2n) is 7.07. The summed E-state index contributed by atoms with van der Waals surface area (Å²) in [7, 11) is 0. The third kappa shape index (κ3) is 4.33. The number of carbonyl (C=O) groups is 1. The molecule has 0 radical (unpaired) electrons. The van der Waals surface area contributed by atoms with Crippen molar-refractivity contribution in [2.24, 2.45) is 0 Å². The third-order valence-electron chi connectivity index (χ3n) is 5.39. The molecule has 1 saturated heterocycles. The molecule has 5 heteroatoms. The molecule has 1 aliphatic carbocycles. The van der Waals surface area contributed by atoms with Gasteiger partial charge in [-0.3, -0.25) is 14.6 Å². The van der Waals surface area contributed by atoms with E-state index in [4.69, 9.17) is 0 Å². The van der Waals surface area contributed by atoms with Gasteiger partial charge in [0.15, 0.2) is 0 Å². The number of nitrogens with one attached hydrogen (secondary N) is 1. The number of amides is 1. The monoisotopic (exact) mass is 333 g/mol. The first kappa shape index (κ1) is 17.4. The van der Waals surface area contributed by atoms with Gasteiger partial charge >= 0.3 is 0 Å². The molecule has 1 aliphatic heterocycles. The van der Waals surface area contributed by atoms with Gasteiger partial charge in [-0.25, -0.2) is 4.39 Å². The fraction of sp³-hybridized carbons (Fsp3) is 0.632. The molecular weight excluding hydrogens is 305 g/mol. The zero-order chi connectivity index (χ0) is 16.9. The first-order chi connectivity index (χ1) is 11.6. The van der Waals surface area contributed by atoms with Crippen LogP contribution < -0.4 is 5.32 Å². The van der Waals surface area contributed by atoms with Gasteiger partial charge in [0.2, 0.25) is 5.91 Å². The maximum atomic E-state index is 13.8. The van der Waals surface area contributed by atoms with Gasteiger partial charge in [-0.05, 0) is 25.8 Å². The van der Waals surface area contributed by atoms with E-state index in [1.807, 2.05) is 19.1 Å². The minimum atomic E-state index is -0.135. The largest absolute Gasteiger partial charge is 0.352 e. The topological polar surface area (TPSA) is 35.6 Å². The average Bonchev–Trinajstić information content (AvgIpc) is 3.10. The number of nitrogens with zero attached hydrogens (tertiary/aromatic N) is 2. The van der Waals surface area contributed by atoms with Crippen molar-refractivity contribution in [2.45, 2.75) is 51.2 Å². The molecule has 0 aromatic heterocycles. The standard InChI is InChI=1S/C19H28FN3O/c1-15(19(24)21-17-7-3-4-8-17)23-12-10-22(11-13-23)14-16-6-2-5-9-18(16)20/h2,5-6,9,15,17H,3-4,7-8,10-14H2,1H3,(H,21,24)/t15-/m0/s1. The summed E-state index contributed by atoms with van der Waals surface area (Å²) >= 11 is 0. The Morgan fingerprint density at radius 1 is 1.21 bits per heavy atom. The predicted molar refractivity (Wildman–Crippen MR) is 93.1 cm³/mol. The Labute approximate surface area is 144 Å². The zero-order valence-corrected chi connectivity index (χ0v) is 14.5. The molecule has 0 unspecified atom stereocenters. The Balaban J connectivity index is 1.45. The third-order valence-corrected chi connectivity index (χ3v) is 5.39. The van der Waals surface area contributed by atoms with Gasteiger partial charge in [0, 0.05) is 44.3 Å². The van der Waals surface area contributed by atoms with E-state index in [0.717, 1.165) is 44.6 Å². The van der Waals surface area contributed by atoms with Crippen LogP contribution in [-0.2, 0) is 11.3 Å². The van der Waals surface area contributed by atoms with Gasteiger partial charge in [0.1, 0.15) is 5.82 Å². The number of halogens is 1. The summed E-state index contributed by atoms with van der Waals surface area (Å²) in [4.78, 5) is 16.9. The van der Waals surface area contributed by atoms with Gasteiger partial charge in [-0.2, -0.15) is 0 Å². The lowest BCUT2D eigenvalue weighted by Gasteiger charge is -2.37. The van der Waals surface area contributed by atoms with Gasteiger partial charge in [0.05, 0.1) is 6.04 Å². The van der Waals surface area contributed by atoms with Crippen molar-refractivity contribution in [3.8, 4) is 0 Å². The molecule has 1 aromatic carbocycles. The number of benzene rings is 1. The molecule has 2 fully saturated rings. The van der Waals surface area contributed by atoms with Crippen LogP contribution in [0.25, 0.3) is 0 Å². The van der Waals surface area contributed by atoms with Crippen LogP contribution in [0.5, 0.6) is 0 Å². The highest BCUT2D eigenvalue weighted by molar-refractivity contribution is 5.81. The van der Waals surface area contributed by atoms with Crippen LogP contribution in [0, 0.1) is 5.82 Å². The highest BCUT2D eigenvalue weighted by Gasteiger charge is 2.27. The van der Waals surface area contributed by atoms with E-state index in [2.05, 4.69) is 15.1 Å². The van der Waals surface area contributed by atoms with E-state index >= 15 is 0 Å². The Hall–Kier alpha value is -1.46. The second kappa shape index (κ2) is 8.08. The van der Waals surface area contributed by atoms with Crippen LogP contribution in [0.2, 0.25) is 0 Å². The van der Waals surface area contributed by atoms with E-state index in [0.29, 0.717) is 12.6 Å². The van der Waals surface area contributed by atoms with Gasteiger partial charge in [-0.1, -0.05) is 31.0 Å². The van der Waals surface area contributed by atoms with Crippen molar-refractivity contribution in [2.75, 3.05) is 26.2 Å². The number of carbonyl (C=O) groups excluding carboxylic acids is 1. The molecule has 1 amide bonds. The van der Waals surface area contributed by atoms with Crippen molar-refractivity contribution < 1.29 is 9.18 Å². The lowest BCUT2D eigenvalue weighted by molar-refractivity contribution is -0.127. The number of hydrogen-bond acceptors (Lipinski definition) is 3. The summed E-state index contributed by atoms with van der Waals surface area (Å²) in [6, 6.07) is 7.26. The molecule has 24 heavy (non-hydrogen) atoms. The van der Waals surface area contributed by atoms with E-state index in [-0.39, 0.29) is 17.8 Å². The van der Waals surface area contributed by atoms with Crippen LogP contribution in [0.15, 0.2) is 24.3 Å². The molecule has 4 nitrogen and oxygen atoms in total. The lowest BCUT2D eigenvalue weighted by Crippen LogP contribution is -2.54. The summed E-state index contributed by atoms with van der Waals surface area (Å²) in [6.07, 6.45) is 4.70. The minimum absolute atomic E-state index is 0.0822. The average molecular weight is 333 g/mol. The van der Waals surface area contributed by atoms with E-state index in [9.17, 15) is 9.18 Å². The van der Waals surface area contributed by atoms with Crippen molar-refractivity contribution in [3.05, 3.63) is 35.6 Å². The van der Waals surface area contributed by atoms with Crippen molar-refractivity contribution in [3.63, 3.8) is 0 Å². The molecule has 1 aromatic rings. The normalized spacial score (nSPS) is 21.8. The van der Waals surface area contributed by atoms with Crippen LogP contribution in [0.1, 0.15) is 38.2 Å². The van der Waals surface area contributed by atoms with E-state index in [1.54, 1.807) is 6.07 Å². The van der Waals surface area contributed by atoms with Crippen molar-refractivity contribution in [1.82, 2.24) is 15.1 Å². The molecule has 1 saturated carbocycles.